The third-order valence-electron chi connectivity index (χ3n) is 9.83. The van der Waals surface area contributed by atoms with Crippen molar-refractivity contribution in [3.8, 4) is 0 Å². The van der Waals surface area contributed by atoms with Gasteiger partial charge in [0.15, 0.2) is 0 Å². The molecule has 0 aromatic rings. The average Bonchev–Trinajstić information content (AvgIpc) is 2.99. The fourth-order valence-electron chi connectivity index (χ4n) is 8.25. The summed E-state index contributed by atoms with van der Waals surface area (Å²) in [5.41, 5.74) is 2.53. The summed E-state index contributed by atoms with van der Waals surface area (Å²) >= 11 is 0. The Morgan fingerprint density at radius 3 is 2.61 bits per heavy atom. The van der Waals surface area contributed by atoms with Gasteiger partial charge in [-0.15, -0.1) is 0 Å². The molecule has 4 aliphatic rings. The molecule has 3 saturated carbocycles. The highest BCUT2D eigenvalue weighted by Gasteiger charge is 2.58. The van der Waals surface area contributed by atoms with Crippen LogP contribution in [0.15, 0.2) is 23.8 Å². The first-order chi connectivity index (χ1) is 13.3. The lowest BCUT2D eigenvalue weighted by Crippen LogP contribution is -2.50. The third-order valence-corrected chi connectivity index (χ3v) is 9.83. The molecule has 0 radical (unpaired) electrons. The van der Waals surface area contributed by atoms with Gasteiger partial charge in [-0.2, -0.15) is 0 Å². The van der Waals surface area contributed by atoms with Crippen molar-refractivity contribution in [2.75, 3.05) is 0 Å². The average molecular weight is 385 g/mol. The van der Waals surface area contributed by atoms with E-state index in [0.29, 0.717) is 10.8 Å². The zero-order valence-corrected chi connectivity index (χ0v) is 19.1. The van der Waals surface area contributed by atoms with Crippen molar-refractivity contribution in [1.82, 2.24) is 0 Å². The molecule has 0 heterocycles. The normalized spacial score (nSPS) is 46.8. The summed E-state index contributed by atoms with van der Waals surface area (Å²) in [6, 6.07) is 0. The number of rotatable bonds is 4. The summed E-state index contributed by atoms with van der Waals surface area (Å²) in [5.74, 6) is 5.03. The third kappa shape index (κ3) is 3.34. The second-order valence-electron chi connectivity index (χ2n) is 11.8. The van der Waals surface area contributed by atoms with Crippen LogP contribution in [0.5, 0.6) is 0 Å². The summed E-state index contributed by atoms with van der Waals surface area (Å²) in [4.78, 5) is 0. The molecule has 3 fully saturated rings. The molecule has 1 heteroatoms. The number of aliphatic hydroxyl groups excluding tert-OH is 1. The first kappa shape index (κ1) is 20.7. The Morgan fingerprint density at radius 1 is 1.07 bits per heavy atom. The zero-order valence-electron chi connectivity index (χ0n) is 19.1. The second-order valence-corrected chi connectivity index (χ2v) is 11.8. The predicted octanol–water partition coefficient (Wildman–Crippen LogP) is 7.16. The van der Waals surface area contributed by atoms with Crippen molar-refractivity contribution in [1.29, 1.82) is 0 Å². The predicted molar refractivity (Wildman–Crippen MR) is 119 cm³/mol. The molecule has 1 nitrogen and oxygen atoms in total. The Hall–Kier alpha value is -0.560. The summed E-state index contributed by atoms with van der Waals surface area (Å²) in [5, 5.41) is 10.2. The van der Waals surface area contributed by atoms with E-state index in [1.807, 2.05) is 0 Å². The fourth-order valence-corrected chi connectivity index (χ4v) is 8.25. The van der Waals surface area contributed by atoms with Crippen LogP contribution in [-0.2, 0) is 0 Å². The molecular weight excluding hydrogens is 340 g/mol. The number of aliphatic hydroxyl groups is 1. The van der Waals surface area contributed by atoms with Gasteiger partial charge >= 0.3 is 0 Å². The van der Waals surface area contributed by atoms with Gasteiger partial charge in [-0.3, -0.25) is 0 Å². The van der Waals surface area contributed by atoms with Crippen LogP contribution in [0, 0.1) is 46.3 Å². The topological polar surface area (TPSA) is 20.2 Å². The fraction of sp³-hybridized carbons (Fsp3) is 0.852. The van der Waals surface area contributed by atoms with Crippen LogP contribution in [0.4, 0.5) is 0 Å². The van der Waals surface area contributed by atoms with Crippen molar-refractivity contribution in [2.24, 2.45) is 46.3 Å². The van der Waals surface area contributed by atoms with Gasteiger partial charge in [0.2, 0.25) is 0 Å². The minimum atomic E-state index is -0.0842. The molecule has 0 amide bonds. The van der Waals surface area contributed by atoms with E-state index in [1.54, 1.807) is 5.57 Å². The molecule has 0 aromatic carbocycles. The maximum Gasteiger partial charge on any atom is 0.0577 e. The Labute approximate surface area is 174 Å². The first-order valence-electron chi connectivity index (χ1n) is 12.3. The standard InChI is InChI=1S/C27H44O/c1-18(2)7-6-8-19(3)23-11-12-24-22-10-9-20-17-21(28)13-15-26(20,4)25(22)14-16-27(23,24)5/h6,8-9,18-19,21-25,28H,7,10-17H2,1-5H3/t19-,21?,22+,23-,24+,25+,26+,27-/m1/s1. The molecule has 28 heavy (non-hydrogen) atoms. The van der Waals surface area contributed by atoms with E-state index in [1.165, 1.54) is 44.9 Å². The lowest BCUT2D eigenvalue weighted by Gasteiger charge is -2.58. The summed E-state index contributed by atoms with van der Waals surface area (Å²) < 4.78 is 0. The molecule has 0 bridgehead atoms. The molecule has 1 N–H and O–H groups in total. The summed E-state index contributed by atoms with van der Waals surface area (Å²) in [7, 11) is 0. The van der Waals surface area contributed by atoms with E-state index in [2.05, 4.69) is 52.8 Å². The minimum absolute atomic E-state index is 0.0842. The van der Waals surface area contributed by atoms with Gasteiger partial charge < -0.3 is 5.11 Å². The Balaban J connectivity index is 1.53. The Kier molecular flexibility index (Phi) is 5.62. The lowest BCUT2D eigenvalue weighted by atomic mass is 9.47. The van der Waals surface area contributed by atoms with Crippen LogP contribution in [0.3, 0.4) is 0 Å². The first-order valence-corrected chi connectivity index (χ1v) is 12.3. The van der Waals surface area contributed by atoms with Gasteiger partial charge in [0.05, 0.1) is 6.10 Å². The van der Waals surface area contributed by atoms with Crippen molar-refractivity contribution < 1.29 is 5.11 Å². The smallest absolute Gasteiger partial charge is 0.0577 e. The molecule has 0 spiro atoms. The van der Waals surface area contributed by atoms with E-state index in [0.717, 1.165) is 48.3 Å². The van der Waals surface area contributed by atoms with E-state index < -0.39 is 0 Å². The molecule has 158 valence electrons. The van der Waals surface area contributed by atoms with E-state index in [4.69, 9.17) is 0 Å². The van der Waals surface area contributed by atoms with Gasteiger partial charge in [0.1, 0.15) is 0 Å². The van der Waals surface area contributed by atoms with Crippen molar-refractivity contribution in [3.05, 3.63) is 23.8 Å². The zero-order chi connectivity index (χ0) is 20.1. The molecule has 8 atom stereocenters. The quantitative estimate of drug-likeness (QED) is 0.510. The van der Waals surface area contributed by atoms with E-state index in [9.17, 15) is 5.11 Å². The largest absolute Gasteiger partial charge is 0.393 e. The highest BCUT2D eigenvalue weighted by molar-refractivity contribution is 5.25. The van der Waals surface area contributed by atoms with Crippen LogP contribution < -0.4 is 0 Å². The minimum Gasteiger partial charge on any atom is -0.393 e. The molecule has 0 aromatic heterocycles. The molecule has 4 rings (SSSR count). The number of hydrogen-bond acceptors (Lipinski definition) is 1. The number of hydrogen-bond donors (Lipinski definition) is 1. The van der Waals surface area contributed by atoms with Crippen LogP contribution in [-0.4, -0.2) is 11.2 Å². The molecule has 0 saturated heterocycles. The Bertz CT molecular complexity index is 630. The lowest BCUT2D eigenvalue weighted by molar-refractivity contribution is -0.0540. The number of fused-ring (bicyclic) bond motifs is 5. The SMILES string of the molecule is CC(C)CC=C[C@@H](C)[C@H]1CC[C@H]2[C@@H]3CC=C4CC(O)CC[C@]4(C)[C@H]3CC[C@]12C. The molecular formula is C27H44O. The van der Waals surface area contributed by atoms with Gasteiger partial charge in [0.25, 0.3) is 0 Å². The van der Waals surface area contributed by atoms with E-state index >= 15 is 0 Å². The highest BCUT2D eigenvalue weighted by Crippen LogP contribution is 2.67. The van der Waals surface area contributed by atoms with Gasteiger partial charge in [0, 0.05) is 0 Å². The maximum atomic E-state index is 10.2. The van der Waals surface area contributed by atoms with Crippen molar-refractivity contribution in [2.45, 2.75) is 98.5 Å². The molecule has 0 aliphatic heterocycles. The van der Waals surface area contributed by atoms with Gasteiger partial charge in [-0.25, -0.2) is 0 Å². The van der Waals surface area contributed by atoms with Crippen LogP contribution >= 0.6 is 0 Å². The number of allylic oxidation sites excluding steroid dienone is 3. The second kappa shape index (κ2) is 7.60. The highest BCUT2D eigenvalue weighted by atomic mass is 16.3. The van der Waals surface area contributed by atoms with Crippen LogP contribution in [0.25, 0.3) is 0 Å². The maximum absolute atomic E-state index is 10.2. The van der Waals surface area contributed by atoms with E-state index in [-0.39, 0.29) is 6.10 Å². The molecule has 1 unspecified atom stereocenters. The van der Waals surface area contributed by atoms with Gasteiger partial charge in [-0.1, -0.05) is 58.4 Å². The van der Waals surface area contributed by atoms with Crippen LogP contribution in [0.1, 0.15) is 92.4 Å². The van der Waals surface area contributed by atoms with Crippen molar-refractivity contribution in [3.63, 3.8) is 0 Å². The monoisotopic (exact) mass is 384 g/mol. The molecule has 4 aliphatic carbocycles. The summed E-state index contributed by atoms with van der Waals surface area (Å²) in [6.07, 6.45) is 18.9. The summed E-state index contributed by atoms with van der Waals surface area (Å²) in [6.45, 7) is 12.3. The van der Waals surface area contributed by atoms with Crippen molar-refractivity contribution >= 4 is 0 Å². The van der Waals surface area contributed by atoms with Crippen LogP contribution in [0.2, 0.25) is 0 Å². The van der Waals surface area contributed by atoms with Gasteiger partial charge in [-0.05, 0) is 104 Å². The Morgan fingerprint density at radius 2 is 1.86 bits per heavy atom.